The number of rotatable bonds is 6. The Bertz CT molecular complexity index is 2640. The van der Waals surface area contributed by atoms with Gasteiger partial charge in [-0.1, -0.05) is 117 Å². The van der Waals surface area contributed by atoms with E-state index in [9.17, 15) is 0 Å². The van der Waals surface area contributed by atoms with Crippen LogP contribution in [0.25, 0.3) is 21.9 Å². The van der Waals surface area contributed by atoms with Gasteiger partial charge in [0.15, 0.2) is 0 Å². The van der Waals surface area contributed by atoms with E-state index in [4.69, 9.17) is 13.7 Å². The molecule has 7 aromatic rings. The van der Waals surface area contributed by atoms with E-state index in [-0.39, 0.29) is 35.5 Å². The molecule has 0 N–H and O–H groups in total. The van der Waals surface area contributed by atoms with Crippen LogP contribution in [0.4, 0.5) is 34.1 Å². The fourth-order valence-corrected chi connectivity index (χ4v) is 6.54. The number of nitrogens with zero attached hydrogens (tertiary/aromatic N) is 2. The largest absolute Gasteiger partial charge is 0.310 e. The molecule has 0 heterocycles. The molecular weight excluding hydrogens is 544 g/mol. The standard InChI is InChI=1S/C43H34N2/c1-43(2)39-29-35(44(31-17-7-3-8-18-31)32-19-9-4-10-20-32)27-28-38(39)42-37-26-16-15-25-36(37)41(30-40(42)43)45(33-21-11-5-12-22-33)34-23-13-6-14-24-34/h3-30H,1-2H3/i3D,5D,7D,8D,11D,12D,17D,18D,21D,22D. The molecule has 8 rings (SSSR count). The van der Waals surface area contributed by atoms with E-state index >= 15 is 0 Å². The number of fused-ring (bicyclic) bond motifs is 5. The van der Waals surface area contributed by atoms with Crippen LogP contribution < -0.4 is 9.80 Å². The van der Waals surface area contributed by atoms with Gasteiger partial charge < -0.3 is 9.80 Å². The predicted molar refractivity (Wildman–Crippen MR) is 191 cm³/mol. The first kappa shape index (κ1) is 18.3. The third-order valence-corrected chi connectivity index (χ3v) is 8.59. The first-order valence-electron chi connectivity index (χ1n) is 19.8. The minimum Gasteiger partial charge on any atom is -0.310 e. The van der Waals surface area contributed by atoms with Gasteiger partial charge >= 0.3 is 0 Å². The van der Waals surface area contributed by atoms with Crippen molar-refractivity contribution in [3.05, 3.63) is 181 Å². The summed E-state index contributed by atoms with van der Waals surface area (Å²) in [6.07, 6.45) is 0. The van der Waals surface area contributed by atoms with Gasteiger partial charge in [0.2, 0.25) is 0 Å². The Morgan fingerprint density at radius 1 is 0.467 bits per heavy atom. The highest BCUT2D eigenvalue weighted by atomic mass is 15.1. The van der Waals surface area contributed by atoms with Crippen LogP contribution in [0.1, 0.15) is 38.7 Å². The van der Waals surface area contributed by atoms with E-state index in [0.29, 0.717) is 22.7 Å². The lowest BCUT2D eigenvalue weighted by Crippen LogP contribution is -2.18. The maximum atomic E-state index is 9.00. The first-order valence-corrected chi connectivity index (χ1v) is 14.8. The van der Waals surface area contributed by atoms with Crippen molar-refractivity contribution in [2.75, 3.05) is 9.80 Å². The van der Waals surface area contributed by atoms with Crippen LogP contribution in [0.3, 0.4) is 0 Å². The fraction of sp³-hybridized carbons (Fsp3) is 0.0698. The second-order valence-electron chi connectivity index (χ2n) is 11.5. The SMILES string of the molecule is [2H]c1c([2H])c([2H])c(N(c2ccccc2)c2ccc3c(c2)C(C)(C)c2cc(N(c4ccccc4)c4c([2H])c([2H])c([2H])c([2H])c4[2H])c4ccccc4c2-3)c([2H])c1[2H]. The summed E-state index contributed by atoms with van der Waals surface area (Å²) in [6.45, 7) is 4.21. The van der Waals surface area contributed by atoms with Gasteiger partial charge in [0.05, 0.1) is 19.4 Å². The van der Waals surface area contributed by atoms with Crippen molar-refractivity contribution in [3.63, 3.8) is 0 Å². The molecule has 0 saturated heterocycles. The van der Waals surface area contributed by atoms with Crippen LogP contribution in [0.15, 0.2) is 170 Å². The average Bonchev–Trinajstić information content (AvgIpc) is 3.43. The Kier molecular flexibility index (Phi) is 4.40. The molecule has 0 bridgehead atoms. The highest BCUT2D eigenvalue weighted by molar-refractivity contribution is 6.10. The van der Waals surface area contributed by atoms with Crippen molar-refractivity contribution in [3.8, 4) is 11.1 Å². The molecule has 0 radical (unpaired) electrons. The molecule has 0 aliphatic heterocycles. The topological polar surface area (TPSA) is 6.48 Å². The molecule has 1 aliphatic carbocycles. The van der Waals surface area contributed by atoms with E-state index in [2.05, 4.69) is 19.9 Å². The molecule has 0 spiro atoms. The minimum absolute atomic E-state index is 0.0371. The number of para-hydroxylation sites is 4. The van der Waals surface area contributed by atoms with E-state index < -0.39 is 41.7 Å². The molecule has 45 heavy (non-hydrogen) atoms. The van der Waals surface area contributed by atoms with Crippen LogP contribution in [-0.4, -0.2) is 0 Å². The van der Waals surface area contributed by atoms with E-state index in [1.165, 1.54) is 0 Å². The molecule has 216 valence electrons. The van der Waals surface area contributed by atoms with Crippen molar-refractivity contribution < 1.29 is 13.7 Å². The van der Waals surface area contributed by atoms with Crippen LogP contribution in [0, 0.1) is 0 Å². The zero-order valence-corrected chi connectivity index (χ0v) is 24.8. The van der Waals surface area contributed by atoms with Crippen molar-refractivity contribution in [1.29, 1.82) is 0 Å². The van der Waals surface area contributed by atoms with Crippen LogP contribution >= 0.6 is 0 Å². The maximum absolute atomic E-state index is 9.00. The van der Waals surface area contributed by atoms with Gasteiger partial charge in [0.1, 0.15) is 0 Å². The molecule has 2 heteroatoms. The van der Waals surface area contributed by atoms with E-state index in [1.54, 1.807) is 9.80 Å². The summed E-state index contributed by atoms with van der Waals surface area (Å²) in [5, 5.41) is 1.73. The monoisotopic (exact) mass is 588 g/mol. The Hall–Kier alpha value is -5.60. The Labute approximate surface area is 279 Å². The number of anilines is 6. The molecule has 1 aliphatic rings. The van der Waals surface area contributed by atoms with E-state index in [1.807, 2.05) is 103 Å². The molecule has 0 amide bonds. The lowest BCUT2D eigenvalue weighted by atomic mass is 9.81. The third kappa shape index (κ3) is 4.49. The average molecular weight is 589 g/mol. The van der Waals surface area contributed by atoms with Gasteiger partial charge in [-0.25, -0.2) is 0 Å². The molecule has 7 aromatic carbocycles. The molecule has 0 unspecified atom stereocenters. The summed E-state index contributed by atoms with van der Waals surface area (Å²) < 4.78 is 86.3. The maximum Gasteiger partial charge on any atom is 0.0645 e. The smallest absolute Gasteiger partial charge is 0.0645 e. The summed E-state index contributed by atoms with van der Waals surface area (Å²) in [5.41, 5.74) is 5.79. The first-order chi connectivity index (χ1) is 26.2. The molecule has 0 aromatic heterocycles. The Balaban J connectivity index is 1.39. The summed E-state index contributed by atoms with van der Waals surface area (Å²) in [7, 11) is 0. The summed E-state index contributed by atoms with van der Waals surface area (Å²) >= 11 is 0. The predicted octanol–water partition coefficient (Wildman–Crippen LogP) is 12.1. The van der Waals surface area contributed by atoms with Gasteiger partial charge in [-0.3, -0.25) is 0 Å². The minimum atomic E-state index is -0.649. The molecular formula is C43H34N2. The van der Waals surface area contributed by atoms with Crippen LogP contribution in [-0.2, 0) is 5.41 Å². The second kappa shape index (κ2) is 10.8. The van der Waals surface area contributed by atoms with Crippen molar-refractivity contribution in [1.82, 2.24) is 0 Å². The number of benzene rings is 7. The zero-order chi connectivity index (χ0) is 39.1. The van der Waals surface area contributed by atoms with Crippen molar-refractivity contribution in [2.24, 2.45) is 0 Å². The summed E-state index contributed by atoms with van der Waals surface area (Å²) in [4.78, 5) is 3.46. The highest BCUT2D eigenvalue weighted by Crippen LogP contribution is 2.55. The van der Waals surface area contributed by atoms with Gasteiger partial charge in [-0.2, -0.15) is 0 Å². The van der Waals surface area contributed by atoms with Crippen LogP contribution in [0.2, 0.25) is 0 Å². The quantitative estimate of drug-likeness (QED) is 0.191. The molecule has 0 atom stereocenters. The normalized spacial score (nSPS) is 16.0. The lowest BCUT2D eigenvalue weighted by molar-refractivity contribution is 0.661. The molecule has 0 saturated carbocycles. The van der Waals surface area contributed by atoms with Crippen molar-refractivity contribution >= 4 is 44.9 Å². The lowest BCUT2D eigenvalue weighted by Gasteiger charge is -2.30. The van der Waals surface area contributed by atoms with Crippen LogP contribution in [0.5, 0.6) is 0 Å². The highest BCUT2D eigenvalue weighted by Gasteiger charge is 2.38. The zero-order valence-electron chi connectivity index (χ0n) is 34.8. The van der Waals surface area contributed by atoms with Gasteiger partial charge in [-0.15, -0.1) is 0 Å². The van der Waals surface area contributed by atoms with Crippen molar-refractivity contribution in [2.45, 2.75) is 19.3 Å². The molecule has 0 fully saturated rings. The third-order valence-electron chi connectivity index (χ3n) is 8.59. The Morgan fingerprint density at radius 2 is 1.00 bits per heavy atom. The molecule has 2 nitrogen and oxygen atoms in total. The number of hydrogen-bond donors (Lipinski definition) is 0. The fourth-order valence-electron chi connectivity index (χ4n) is 6.54. The summed E-state index contributed by atoms with van der Waals surface area (Å²) in [6, 6.07) is 30.5. The van der Waals surface area contributed by atoms with Gasteiger partial charge in [0, 0.05) is 39.2 Å². The van der Waals surface area contributed by atoms with Gasteiger partial charge in [0.25, 0.3) is 0 Å². The number of hydrogen-bond acceptors (Lipinski definition) is 2. The second-order valence-corrected chi connectivity index (χ2v) is 11.5. The Morgan fingerprint density at radius 3 is 1.62 bits per heavy atom. The van der Waals surface area contributed by atoms with E-state index in [0.717, 1.165) is 33.0 Å². The van der Waals surface area contributed by atoms with Gasteiger partial charge in [-0.05, 0) is 94.3 Å². The summed E-state index contributed by atoms with van der Waals surface area (Å²) in [5.74, 6) is 0.